The molecule has 0 spiro atoms. The summed E-state index contributed by atoms with van der Waals surface area (Å²) >= 11 is 1.02. The van der Waals surface area contributed by atoms with Crippen LogP contribution in [0.1, 0.15) is 27.9 Å². The van der Waals surface area contributed by atoms with Gasteiger partial charge in [0, 0.05) is 22.1 Å². The molecule has 5 aromatic rings. The number of carbonyl (C=O) groups excluding carboxylic acids is 2. The second kappa shape index (κ2) is 14.6. The number of amides is 1. The van der Waals surface area contributed by atoms with Crippen LogP contribution in [-0.4, -0.2) is 22.8 Å². The van der Waals surface area contributed by atoms with E-state index in [-0.39, 0.29) is 47.0 Å². The number of rotatable bonds is 10. The van der Waals surface area contributed by atoms with Crippen LogP contribution in [0.2, 0.25) is 0 Å². The van der Waals surface area contributed by atoms with Crippen molar-refractivity contribution in [2.24, 2.45) is 5.16 Å². The fourth-order valence-corrected chi connectivity index (χ4v) is 4.95. The molecule has 204 valence electrons. The number of carboxylic acid groups (broad SMARTS) is 1. The van der Waals surface area contributed by atoms with Crippen LogP contribution in [0.4, 0.5) is 9.93 Å². The minimum absolute atomic E-state index is 0. The Morgan fingerprint density at radius 1 is 0.786 bits per heavy atom. The average molecular weight is 586 g/mol. The number of nitrogens with one attached hydrogen (secondary N) is 1. The topological polar surface area (TPSA) is 113 Å². The molecular weight excluding hydrogens is 561 g/mol. The van der Waals surface area contributed by atoms with E-state index in [4.69, 9.17) is 9.57 Å². The van der Waals surface area contributed by atoms with Crippen LogP contribution in [-0.2, 0) is 26.6 Å². The third-order valence-corrected chi connectivity index (χ3v) is 6.93. The predicted molar refractivity (Wildman–Crippen MR) is 154 cm³/mol. The van der Waals surface area contributed by atoms with Gasteiger partial charge in [-0.25, -0.2) is 9.78 Å². The van der Waals surface area contributed by atoms with Crippen molar-refractivity contribution in [2.45, 2.75) is 12.2 Å². The molecule has 0 unspecified atom stereocenters. The molecule has 0 saturated carbocycles. The molecule has 1 heterocycles. The second-order valence-electron chi connectivity index (χ2n) is 8.82. The van der Waals surface area contributed by atoms with Gasteiger partial charge < -0.3 is 19.5 Å². The summed E-state index contributed by atoms with van der Waals surface area (Å²) in [5.41, 5.74) is 1.19. The largest absolute Gasteiger partial charge is 1.00 e. The van der Waals surface area contributed by atoms with Gasteiger partial charge in [-0.05, 0) is 5.56 Å². The minimum atomic E-state index is -1.59. The van der Waals surface area contributed by atoms with Crippen molar-refractivity contribution in [3.63, 3.8) is 0 Å². The average Bonchev–Trinajstić information content (AvgIpc) is 3.47. The molecule has 0 saturated heterocycles. The number of ether oxygens (including phenoxy) is 1. The molecule has 42 heavy (non-hydrogen) atoms. The molecule has 10 heteroatoms. The summed E-state index contributed by atoms with van der Waals surface area (Å²) < 4.78 is 5.22. The number of hydrogen-bond acceptors (Lipinski definition) is 8. The van der Waals surface area contributed by atoms with Crippen molar-refractivity contribution in [1.82, 2.24) is 4.98 Å². The summed E-state index contributed by atoms with van der Waals surface area (Å²) in [5.74, 6) is -1.59. The number of thiazole rings is 1. The van der Waals surface area contributed by atoms with Gasteiger partial charge >= 0.3 is 35.7 Å². The third-order valence-electron chi connectivity index (χ3n) is 6.18. The van der Waals surface area contributed by atoms with Gasteiger partial charge in [0.05, 0.1) is 5.97 Å². The monoisotopic (exact) mass is 585 g/mol. The van der Waals surface area contributed by atoms with Gasteiger partial charge in [-0.1, -0.05) is 126 Å². The summed E-state index contributed by atoms with van der Waals surface area (Å²) in [6.45, 7) is 0.0744. The van der Waals surface area contributed by atoms with Gasteiger partial charge in [-0.2, -0.15) is 0 Å². The van der Waals surface area contributed by atoms with Gasteiger partial charge in [0.25, 0.3) is 0 Å². The number of hydrogen-bond donors (Lipinski definition) is 1. The Morgan fingerprint density at radius 2 is 1.26 bits per heavy atom. The smallest absolute Gasteiger partial charge is 0.543 e. The standard InChI is InChI=1S/C32H25N3O5S.Na/c36-29(37)28(27-22-41-30(33-27)34-31(38)39-21-23-13-5-1-6-14-23)35-40-32(24-15-7-2-8-16-24,25-17-9-3-10-18-25)26-19-11-4-12-20-26;/h1-20,22H,21H2,(H,36,37)(H,33,34,38);/q;+1/p-1. The van der Waals surface area contributed by atoms with Crippen molar-refractivity contribution < 1.29 is 53.8 Å². The van der Waals surface area contributed by atoms with Crippen molar-refractivity contribution in [3.05, 3.63) is 155 Å². The molecule has 1 aromatic heterocycles. The normalized spacial score (nSPS) is 11.2. The van der Waals surface area contributed by atoms with Crippen LogP contribution in [0.15, 0.2) is 132 Å². The van der Waals surface area contributed by atoms with Gasteiger partial charge in [-0.3, -0.25) is 5.32 Å². The Morgan fingerprint density at radius 3 is 1.74 bits per heavy atom. The molecule has 5 rings (SSSR count). The molecule has 1 N–H and O–H groups in total. The Balaban J connectivity index is 0.00000405. The van der Waals surface area contributed by atoms with E-state index < -0.39 is 23.4 Å². The van der Waals surface area contributed by atoms with Crippen LogP contribution < -0.4 is 40.0 Å². The summed E-state index contributed by atoms with van der Waals surface area (Å²) in [6, 6.07) is 37.4. The molecule has 4 aromatic carbocycles. The first-order chi connectivity index (χ1) is 20.1. The molecule has 0 atom stereocenters. The Labute approximate surface area is 269 Å². The summed E-state index contributed by atoms with van der Waals surface area (Å²) in [7, 11) is 0. The van der Waals surface area contributed by atoms with Crippen molar-refractivity contribution in [3.8, 4) is 0 Å². The predicted octanol–water partition coefficient (Wildman–Crippen LogP) is 2.36. The first-order valence-electron chi connectivity index (χ1n) is 12.6. The first-order valence-corrected chi connectivity index (χ1v) is 13.5. The molecule has 0 aliphatic heterocycles. The van der Waals surface area contributed by atoms with E-state index in [0.717, 1.165) is 33.6 Å². The van der Waals surface area contributed by atoms with Crippen molar-refractivity contribution in [2.75, 3.05) is 5.32 Å². The SMILES string of the molecule is O=C(Nc1nc(C(=NOC(c2ccccc2)(c2ccccc2)c2ccccc2)C(=O)[O-])cs1)OCc1ccccc1.[Na+]. The van der Waals surface area contributed by atoms with Crippen LogP contribution >= 0.6 is 11.3 Å². The number of benzene rings is 4. The molecule has 0 fully saturated rings. The molecule has 0 aliphatic rings. The van der Waals surface area contributed by atoms with Crippen LogP contribution in [0.3, 0.4) is 0 Å². The Hall–Kier alpha value is -4.28. The summed E-state index contributed by atoms with van der Waals surface area (Å²) in [4.78, 5) is 35.0. The molecule has 0 bridgehead atoms. The van der Waals surface area contributed by atoms with E-state index in [1.807, 2.05) is 121 Å². The van der Waals surface area contributed by atoms with Crippen molar-refractivity contribution in [1.29, 1.82) is 0 Å². The van der Waals surface area contributed by atoms with E-state index >= 15 is 0 Å². The summed E-state index contributed by atoms with van der Waals surface area (Å²) in [5, 5.41) is 20.5. The fraction of sp³-hybridized carbons (Fsp3) is 0.0625. The van der Waals surface area contributed by atoms with Gasteiger partial charge in [0.2, 0.25) is 5.60 Å². The third kappa shape index (κ3) is 7.13. The molecule has 8 nitrogen and oxygen atoms in total. The quantitative estimate of drug-likeness (QED) is 0.117. The fourth-order valence-electron chi connectivity index (χ4n) is 4.27. The van der Waals surface area contributed by atoms with E-state index in [0.29, 0.717) is 0 Å². The van der Waals surface area contributed by atoms with E-state index in [2.05, 4.69) is 15.5 Å². The Kier molecular flexibility index (Phi) is 10.6. The van der Waals surface area contributed by atoms with E-state index in [9.17, 15) is 14.7 Å². The maximum absolute atomic E-state index is 12.3. The van der Waals surface area contributed by atoms with Gasteiger partial charge in [-0.15, -0.1) is 11.3 Å². The number of carboxylic acids is 1. The molecule has 1 amide bonds. The van der Waals surface area contributed by atoms with Crippen LogP contribution in [0.5, 0.6) is 0 Å². The molecule has 0 aliphatic carbocycles. The number of carbonyl (C=O) groups is 2. The van der Waals surface area contributed by atoms with E-state index in [1.165, 1.54) is 5.38 Å². The van der Waals surface area contributed by atoms with Crippen LogP contribution in [0.25, 0.3) is 0 Å². The van der Waals surface area contributed by atoms with Crippen molar-refractivity contribution >= 4 is 34.2 Å². The zero-order chi connectivity index (χ0) is 28.5. The van der Waals surface area contributed by atoms with E-state index in [1.54, 1.807) is 0 Å². The zero-order valence-electron chi connectivity index (χ0n) is 22.7. The number of nitrogens with zero attached hydrogens (tertiary/aromatic N) is 2. The number of aliphatic carboxylic acids is 1. The first kappa shape index (κ1) is 30.7. The second-order valence-corrected chi connectivity index (χ2v) is 9.68. The summed E-state index contributed by atoms with van der Waals surface area (Å²) in [6.07, 6.45) is -0.728. The van der Waals surface area contributed by atoms with Crippen LogP contribution in [0, 0.1) is 0 Å². The zero-order valence-corrected chi connectivity index (χ0v) is 25.5. The minimum Gasteiger partial charge on any atom is -0.543 e. The maximum Gasteiger partial charge on any atom is 1.00 e. The van der Waals surface area contributed by atoms with Gasteiger partial charge in [0.15, 0.2) is 10.8 Å². The number of oxime groups is 1. The molecular formula is C32H24N3NaO5S. The van der Waals surface area contributed by atoms with Gasteiger partial charge in [0.1, 0.15) is 12.3 Å². The number of anilines is 1. The Bertz CT molecular complexity index is 1540. The maximum atomic E-state index is 12.3. The number of aromatic nitrogens is 1. The molecule has 0 radical (unpaired) electrons.